The van der Waals surface area contributed by atoms with E-state index in [9.17, 15) is 9.59 Å². The molecule has 0 fully saturated rings. The van der Waals surface area contributed by atoms with E-state index in [-0.39, 0.29) is 18.1 Å². The van der Waals surface area contributed by atoms with Crippen LogP contribution in [0.2, 0.25) is 0 Å². The molecule has 0 spiro atoms. The lowest BCUT2D eigenvalue weighted by molar-refractivity contribution is 0.0696. The van der Waals surface area contributed by atoms with Crippen molar-refractivity contribution in [3.63, 3.8) is 0 Å². The lowest BCUT2D eigenvalue weighted by Crippen LogP contribution is -2.18. The SMILES string of the molecule is COc1cc(/C=N/NC(=O)c2cc(-c3ccccc3)nc3ccccc23)ccc1OCc1ccc(C(=O)O)cc1. The Kier molecular flexibility index (Phi) is 7.78. The van der Waals surface area contributed by atoms with Gasteiger partial charge < -0.3 is 14.6 Å². The van der Waals surface area contributed by atoms with Crippen LogP contribution in [-0.4, -0.2) is 35.3 Å². The van der Waals surface area contributed by atoms with Gasteiger partial charge in [-0.3, -0.25) is 4.79 Å². The van der Waals surface area contributed by atoms with Gasteiger partial charge in [-0.15, -0.1) is 0 Å². The summed E-state index contributed by atoms with van der Waals surface area (Å²) >= 11 is 0. The molecular formula is C32H25N3O5. The van der Waals surface area contributed by atoms with Gasteiger partial charge in [0.1, 0.15) is 6.61 Å². The maximum absolute atomic E-state index is 13.2. The number of rotatable bonds is 9. The second-order valence-corrected chi connectivity index (χ2v) is 8.84. The van der Waals surface area contributed by atoms with E-state index >= 15 is 0 Å². The molecule has 0 atom stereocenters. The van der Waals surface area contributed by atoms with Crippen molar-refractivity contribution >= 4 is 29.0 Å². The van der Waals surface area contributed by atoms with Crippen molar-refractivity contribution in [3.8, 4) is 22.8 Å². The van der Waals surface area contributed by atoms with Crippen LogP contribution in [0.25, 0.3) is 22.2 Å². The first-order valence-corrected chi connectivity index (χ1v) is 12.4. The molecule has 1 aromatic heterocycles. The summed E-state index contributed by atoms with van der Waals surface area (Å²) in [5.41, 5.74) is 7.15. The molecule has 0 unspecified atom stereocenters. The van der Waals surface area contributed by atoms with Crippen LogP contribution in [0.5, 0.6) is 11.5 Å². The highest BCUT2D eigenvalue weighted by Crippen LogP contribution is 2.29. The van der Waals surface area contributed by atoms with E-state index in [1.807, 2.05) is 54.6 Å². The molecule has 5 rings (SSSR count). The Bertz CT molecular complexity index is 1700. The summed E-state index contributed by atoms with van der Waals surface area (Å²) in [6.45, 7) is 0.241. The maximum Gasteiger partial charge on any atom is 0.335 e. The number of amides is 1. The third-order valence-corrected chi connectivity index (χ3v) is 6.19. The van der Waals surface area contributed by atoms with Crippen LogP contribution >= 0.6 is 0 Å². The normalized spacial score (nSPS) is 10.9. The first kappa shape index (κ1) is 26.1. The number of carbonyl (C=O) groups is 2. The number of carboxylic acids is 1. The molecular weight excluding hydrogens is 506 g/mol. The molecule has 4 aromatic carbocycles. The van der Waals surface area contributed by atoms with Gasteiger partial charge in [0, 0.05) is 10.9 Å². The first-order valence-electron chi connectivity index (χ1n) is 12.4. The van der Waals surface area contributed by atoms with E-state index in [4.69, 9.17) is 19.6 Å². The number of nitrogens with one attached hydrogen (secondary N) is 1. The van der Waals surface area contributed by atoms with E-state index in [1.54, 1.807) is 36.4 Å². The zero-order chi connectivity index (χ0) is 27.9. The number of aromatic nitrogens is 1. The van der Waals surface area contributed by atoms with E-state index in [0.29, 0.717) is 28.3 Å². The van der Waals surface area contributed by atoms with Gasteiger partial charge in [-0.1, -0.05) is 60.7 Å². The molecule has 8 nitrogen and oxygen atoms in total. The summed E-state index contributed by atoms with van der Waals surface area (Å²) in [5, 5.41) is 13.9. The number of ether oxygens (including phenoxy) is 2. The molecule has 0 aliphatic carbocycles. The fourth-order valence-corrected chi connectivity index (χ4v) is 4.13. The van der Waals surface area contributed by atoms with Gasteiger partial charge in [0.05, 0.1) is 35.7 Å². The molecule has 1 amide bonds. The summed E-state index contributed by atoms with van der Waals surface area (Å²) in [6.07, 6.45) is 1.52. The lowest BCUT2D eigenvalue weighted by Gasteiger charge is -2.11. The minimum absolute atomic E-state index is 0.214. The number of pyridine rings is 1. The number of aromatic carboxylic acids is 1. The molecule has 0 saturated heterocycles. The molecule has 0 radical (unpaired) electrons. The van der Waals surface area contributed by atoms with Crippen molar-refractivity contribution in [2.75, 3.05) is 7.11 Å². The van der Waals surface area contributed by atoms with Crippen LogP contribution in [0.1, 0.15) is 31.8 Å². The summed E-state index contributed by atoms with van der Waals surface area (Å²) in [5.74, 6) is -0.325. The predicted octanol–water partition coefficient (Wildman–Crippen LogP) is 5.95. The zero-order valence-corrected chi connectivity index (χ0v) is 21.6. The van der Waals surface area contributed by atoms with Crippen molar-refractivity contribution in [2.45, 2.75) is 6.61 Å². The second kappa shape index (κ2) is 11.9. The van der Waals surface area contributed by atoms with Gasteiger partial charge in [-0.2, -0.15) is 5.10 Å². The first-order chi connectivity index (χ1) is 19.5. The fraction of sp³-hybridized carbons (Fsp3) is 0.0625. The summed E-state index contributed by atoms with van der Waals surface area (Å²) < 4.78 is 11.3. The minimum Gasteiger partial charge on any atom is -0.493 e. The summed E-state index contributed by atoms with van der Waals surface area (Å²) in [7, 11) is 1.53. The Morgan fingerprint density at radius 1 is 0.900 bits per heavy atom. The van der Waals surface area contributed by atoms with Crippen LogP contribution in [0, 0.1) is 0 Å². The molecule has 40 heavy (non-hydrogen) atoms. The van der Waals surface area contributed by atoms with Crippen molar-refractivity contribution in [1.82, 2.24) is 10.4 Å². The molecule has 0 aliphatic heterocycles. The number of methoxy groups -OCH3 is 1. The van der Waals surface area contributed by atoms with Crippen molar-refractivity contribution in [2.24, 2.45) is 5.10 Å². The third-order valence-electron chi connectivity index (χ3n) is 6.19. The van der Waals surface area contributed by atoms with Crippen molar-refractivity contribution in [3.05, 3.63) is 125 Å². The van der Waals surface area contributed by atoms with E-state index in [0.717, 1.165) is 22.0 Å². The number of carboxylic acid groups (broad SMARTS) is 1. The molecule has 5 aromatic rings. The van der Waals surface area contributed by atoms with Crippen LogP contribution in [0.3, 0.4) is 0 Å². The number of benzene rings is 4. The van der Waals surface area contributed by atoms with Crippen LogP contribution in [-0.2, 0) is 6.61 Å². The average molecular weight is 532 g/mol. The molecule has 1 heterocycles. The Labute approximate surface area is 230 Å². The van der Waals surface area contributed by atoms with Crippen molar-refractivity contribution in [1.29, 1.82) is 0 Å². The molecule has 0 aliphatic rings. The number of fused-ring (bicyclic) bond motifs is 1. The zero-order valence-electron chi connectivity index (χ0n) is 21.6. The Hall–Kier alpha value is -5.50. The monoisotopic (exact) mass is 531 g/mol. The lowest BCUT2D eigenvalue weighted by atomic mass is 10.0. The highest BCUT2D eigenvalue weighted by molar-refractivity contribution is 6.07. The standard InChI is InChI=1S/C32H25N3O5/c1-39-30-17-22(13-16-29(30)40-20-21-11-14-24(15-12-21)32(37)38)19-33-35-31(36)26-18-28(23-7-3-2-4-8-23)34-27-10-6-5-9-25(26)27/h2-19H,20H2,1H3,(H,35,36)(H,37,38)/b33-19+. The predicted molar refractivity (Wildman–Crippen MR) is 153 cm³/mol. The highest BCUT2D eigenvalue weighted by Gasteiger charge is 2.14. The quantitative estimate of drug-likeness (QED) is 0.180. The molecule has 0 bridgehead atoms. The minimum atomic E-state index is -0.978. The van der Waals surface area contributed by atoms with Gasteiger partial charge in [0.15, 0.2) is 11.5 Å². The molecule has 198 valence electrons. The number of hydrogen-bond acceptors (Lipinski definition) is 6. The topological polar surface area (TPSA) is 110 Å². The summed E-state index contributed by atoms with van der Waals surface area (Å²) in [4.78, 5) is 28.9. The van der Waals surface area contributed by atoms with Gasteiger partial charge in [0.2, 0.25) is 0 Å². The Balaban J connectivity index is 1.29. The second-order valence-electron chi connectivity index (χ2n) is 8.84. The van der Waals surface area contributed by atoms with Gasteiger partial charge in [-0.25, -0.2) is 15.2 Å². The van der Waals surface area contributed by atoms with Crippen molar-refractivity contribution < 1.29 is 24.2 Å². The van der Waals surface area contributed by atoms with E-state index in [1.165, 1.54) is 25.5 Å². The number of para-hydroxylation sites is 1. The largest absolute Gasteiger partial charge is 0.493 e. The number of hydrazone groups is 1. The van der Waals surface area contributed by atoms with Gasteiger partial charge in [0.25, 0.3) is 5.91 Å². The average Bonchev–Trinajstić information content (AvgIpc) is 3.00. The van der Waals surface area contributed by atoms with Gasteiger partial charge in [-0.05, 0) is 53.6 Å². The third kappa shape index (κ3) is 5.97. The molecule has 8 heteroatoms. The van der Waals surface area contributed by atoms with Crippen LogP contribution in [0.15, 0.2) is 108 Å². The van der Waals surface area contributed by atoms with Gasteiger partial charge >= 0.3 is 5.97 Å². The Morgan fingerprint density at radius 2 is 1.65 bits per heavy atom. The number of nitrogens with zero attached hydrogens (tertiary/aromatic N) is 2. The number of carbonyl (C=O) groups excluding carboxylic acids is 1. The maximum atomic E-state index is 13.2. The molecule has 0 saturated carbocycles. The van der Waals surface area contributed by atoms with E-state index < -0.39 is 5.97 Å². The van der Waals surface area contributed by atoms with Crippen LogP contribution < -0.4 is 14.9 Å². The molecule has 2 N–H and O–H groups in total. The smallest absolute Gasteiger partial charge is 0.335 e. The fourth-order valence-electron chi connectivity index (χ4n) is 4.13. The van der Waals surface area contributed by atoms with Crippen LogP contribution in [0.4, 0.5) is 0 Å². The highest BCUT2D eigenvalue weighted by atomic mass is 16.5. The van der Waals surface area contributed by atoms with E-state index in [2.05, 4.69) is 10.5 Å². The number of hydrogen-bond donors (Lipinski definition) is 2. The Morgan fingerprint density at radius 3 is 2.40 bits per heavy atom. The summed E-state index contributed by atoms with van der Waals surface area (Å²) in [6, 6.07) is 30.7.